The molecule has 24 heavy (non-hydrogen) atoms. The molecule has 2 rings (SSSR count). The van der Waals surface area contributed by atoms with Crippen molar-refractivity contribution >= 4 is 11.6 Å². The molecular weight excluding hydrogens is 304 g/mol. The lowest BCUT2D eigenvalue weighted by Gasteiger charge is -2.11. The molecule has 6 nitrogen and oxygen atoms in total. The predicted octanol–water partition coefficient (Wildman–Crippen LogP) is 3.56. The molecule has 2 aromatic rings. The average Bonchev–Trinajstić information content (AvgIpc) is 2.59. The summed E-state index contributed by atoms with van der Waals surface area (Å²) in [5, 5.41) is 6.62. The molecule has 0 saturated heterocycles. The maximum absolute atomic E-state index is 5.32. The molecule has 1 heterocycles. The zero-order valence-corrected chi connectivity index (χ0v) is 14.8. The van der Waals surface area contributed by atoms with E-state index in [1.165, 1.54) is 0 Å². The molecule has 0 spiro atoms. The lowest BCUT2D eigenvalue weighted by atomic mass is 10.1. The van der Waals surface area contributed by atoms with E-state index in [1.54, 1.807) is 20.5 Å². The number of aromatic nitrogens is 2. The first-order valence-corrected chi connectivity index (χ1v) is 8.13. The molecule has 0 unspecified atom stereocenters. The van der Waals surface area contributed by atoms with Crippen LogP contribution in [0, 0.1) is 5.92 Å². The second-order valence-corrected chi connectivity index (χ2v) is 5.94. The van der Waals surface area contributed by atoms with Crippen LogP contribution in [0.25, 0.3) is 0 Å². The molecule has 0 aliphatic rings. The summed E-state index contributed by atoms with van der Waals surface area (Å²) in [6.45, 7) is 5.96. The number of nitrogens with zero attached hydrogens (tertiary/aromatic N) is 2. The number of nitrogens with one attached hydrogen (secondary N) is 2. The molecular formula is C18H26N4O2. The molecule has 0 aliphatic heterocycles. The monoisotopic (exact) mass is 330 g/mol. The number of methoxy groups -OCH3 is 2. The maximum atomic E-state index is 5.32. The van der Waals surface area contributed by atoms with Gasteiger partial charge in [-0.3, -0.25) is 0 Å². The van der Waals surface area contributed by atoms with Gasteiger partial charge in [-0.05, 0) is 30.0 Å². The predicted molar refractivity (Wildman–Crippen MR) is 96.8 cm³/mol. The van der Waals surface area contributed by atoms with Gasteiger partial charge < -0.3 is 20.1 Å². The van der Waals surface area contributed by atoms with E-state index >= 15 is 0 Å². The van der Waals surface area contributed by atoms with Gasteiger partial charge in [-0.1, -0.05) is 19.9 Å². The topological polar surface area (TPSA) is 68.3 Å². The Morgan fingerprint density at radius 3 is 2.33 bits per heavy atom. The summed E-state index contributed by atoms with van der Waals surface area (Å²) in [5.41, 5.74) is 1.08. The first-order valence-electron chi connectivity index (χ1n) is 8.13. The van der Waals surface area contributed by atoms with Crippen molar-refractivity contribution in [3.63, 3.8) is 0 Å². The van der Waals surface area contributed by atoms with Crippen LogP contribution in [-0.2, 0) is 6.54 Å². The van der Waals surface area contributed by atoms with Crippen molar-refractivity contribution in [3.05, 3.63) is 36.2 Å². The van der Waals surface area contributed by atoms with Gasteiger partial charge in [-0.2, -0.15) is 0 Å². The smallest absolute Gasteiger partial charge is 0.161 e. The molecule has 0 atom stereocenters. The number of hydrogen-bond acceptors (Lipinski definition) is 6. The van der Waals surface area contributed by atoms with E-state index in [1.807, 2.05) is 24.3 Å². The van der Waals surface area contributed by atoms with Gasteiger partial charge in [0.05, 0.1) is 14.2 Å². The largest absolute Gasteiger partial charge is 0.493 e. The fraction of sp³-hybridized carbons (Fsp3) is 0.444. The fourth-order valence-corrected chi connectivity index (χ4v) is 2.22. The van der Waals surface area contributed by atoms with E-state index in [2.05, 4.69) is 34.4 Å². The number of rotatable bonds is 9. The summed E-state index contributed by atoms with van der Waals surface area (Å²) in [4.78, 5) is 8.50. The lowest BCUT2D eigenvalue weighted by molar-refractivity contribution is 0.354. The Bertz CT molecular complexity index is 647. The third-order valence-electron chi connectivity index (χ3n) is 3.62. The third-order valence-corrected chi connectivity index (χ3v) is 3.62. The zero-order valence-electron chi connectivity index (χ0n) is 14.8. The van der Waals surface area contributed by atoms with Crippen molar-refractivity contribution in [2.45, 2.75) is 26.8 Å². The summed E-state index contributed by atoms with van der Waals surface area (Å²) in [6.07, 6.45) is 2.67. The van der Waals surface area contributed by atoms with E-state index in [-0.39, 0.29) is 0 Å². The highest BCUT2D eigenvalue weighted by atomic mass is 16.5. The Hall–Kier alpha value is -2.50. The molecule has 1 aromatic heterocycles. The Labute approximate surface area is 143 Å². The van der Waals surface area contributed by atoms with Crippen LogP contribution in [0.5, 0.6) is 11.5 Å². The molecule has 0 aliphatic carbocycles. The SMILES string of the molecule is COc1ccc(CNc2cc(NCCC(C)C)ncn2)cc1OC. The molecule has 0 radical (unpaired) electrons. The van der Waals surface area contributed by atoms with Crippen molar-refractivity contribution in [1.82, 2.24) is 9.97 Å². The van der Waals surface area contributed by atoms with Gasteiger partial charge in [0, 0.05) is 19.2 Å². The Balaban J connectivity index is 1.94. The number of hydrogen-bond donors (Lipinski definition) is 2. The van der Waals surface area contributed by atoms with E-state index in [0.29, 0.717) is 12.5 Å². The Morgan fingerprint density at radius 1 is 0.958 bits per heavy atom. The van der Waals surface area contributed by atoms with Crippen molar-refractivity contribution in [3.8, 4) is 11.5 Å². The number of benzene rings is 1. The van der Waals surface area contributed by atoms with Gasteiger partial charge in [0.1, 0.15) is 18.0 Å². The van der Waals surface area contributed by atoms with Crippen molar-refractivity contribution in [1.29, 1.82) is 0 Å². The summed E-state index contributed by atoms with van der Waals surface area (Å²) in [6, 6.07) is 7.77. The van der Waals surface area contributed by atoms with Crippen molar-refractivity contribution in [2.24, 2.45) is 5.92 Å². The fourth-order valence-electron chi connectivity index (χ4n) is 2.22. The van der Waals surface area contributed by atoms with Gasteiger partial charge in [0.2, 0.25) is 0 Å². The minimum absolute atomic E-state index is 0.642. The van der Waals surface area contributed by atoms with Gasteiger partial charge in [0.15, 0.2) is 11.5 Å². The summed E-state index contributed by atoms with van der Waals surface area (Å²) >= 11 is 0. The summed E-state index contributed by atoms with van der Waals surface area (Å²) < 4.78 is 10.6. The third kappa shape index (κ3) is 5.30. The molecule has 2 N–H and O–H groups in total. The highest BCUT2D eigenvalue weighted by molar-refractivity contribution is 5.48. The van der Waals surface area contributed by atoms with Crippen LogP contribution < -0.4 is 20.1 Å². The van der Waals surface area contributed by atoms with Crippen molar-refractivity contribution < 1.29 is 9.47 Å². The standard InChI is InChI=1S/C18H26N4O2/c1-13(2)7-8-19-17-10-18(22-12-21-17)20-11-14-5-6-15(23-3)16(9-14)24-4/h5-6,9-10,12-13H,7-8,11H2,1-4H3,(H2,19,20,21,22). The van der Waals surface area contributed by atoms with Gasteiger partial charge in [-0.25, -0.2) is 9.97 Å². The molecule has 1 aromatic carbocycles. The van der Waals surface area contributed by atoms with E-state index in [9.17, 15) is 0 Å². The molecule has 0 fully saturated rings. The molecule has 6 heteroatoms. The van der Waals surface area contributed by atoms with E-state index < -0.39 is 0 Å². The highest BCUT2D eigenvalue weighted by Gasteiger charge is 2.05. The van der Waals surface area contributed by atoms with Crippen molar-refractivity contribution in [2.75, 3.05) is 31.4 Å². The average molecular weight is 330 g/mol. The van der Waals surface area contributed by atoms with Crippen LogP contribution >= 0.6 is 0 Å². The van der Waals surface area contributed by atoms with Gasteiger partial charge in [-0.15, -0.1) is 0 Å². The van der Waals surface area contributed by atoms with Crippen LogP contribution in [-0.4, -0.2) is 30.7 Å². The first kappa shape index (κ1) is 17.8. The normalized spacial score (nSPS) is 10.5. The number of ether oxygens (including phenoxy) is 2. The summed E-state index contributed by atoms with van der Waals surface area (Å²) in [5.74, 6) is 3.73. The van der Waals surface area contributed by atoms with Gasteiger partial charge >= 0.3 is 0 Å². The lowest BCUT2D eigenvalue weighted by Crippen LogP contribution is -2.08. The molecule has 0 amide bonds. The second-order valence-electron chi connectivity index (χ2n) is 5.94. The molecule has 0 saturated carbocycles. The second kappa shape index (κ2) is 8.96. The first-order chi connectivity index (χ1) is 11.6. The minimum atomic E-state index is 0.642. The van der Waals surface area contributed by atoms with Gasteiger partial charge in [0.25, 0.3) is 0 Å². The van der Waals surface area contributed by atoms with E-state index in [4.69, 9.17) is 9.47 Å². The zero-order chi connectivity index (χ0) is 17.4. The van der Waals surface area contributed by atoms with Crippen LogP contribution in [0.15, 0.2) is 30.6 Å². The molecule has 0 bridgehead atoms. The number of anilines is 2. The van der Waals surface area contributed by atoms with E-state index in [0.717, 1.165) is 41.7 Å². The highest BCUT2D eigenvalue weighted by Crippen LogP contribution is 2.27. The Kier molecular flexibility index (Phi) is 6.66. The maximum Gasteiger partial charge on any atom is 0.161 e. The van der Waals surface area contributed by atoms with Crippen LogP contribution in [0.3, 0.4) is 0 Å². The Morgan fingerprint density at radius 2 is 1.67 bits per heavy atom. The summed E-state index contributed by atoms with van der Waals surface area (Å²) in [7, 11) is 3.26. The molecule has 130 valence electrons. The quantitative estimate of drug-likeness (QED) is 0.733. The van der Waals surface area contributed by atoms with Crippen LogP contribution in [0.1, 0.15) is 25.8 Å². The minimum Gasteiger partial charge on any atom is -0.493 e. The van der Waals surface area contributed by atoms with Crippen LogP contribution in [0.2, 0.25) is 0 Å². The van der Waals surface area contributed by atoms with Crippen LogP contribution in [0.4, 0.5) is 11.6 Å².